The molecule has 0 spiro atoms. The Kier molecular flexibility index (Phi) is 7.45. The Bertz CT molecular complexity index is 533. The van der Waals surface area contributed by atoms with Crippen molar-refractivity contribution in [2.45, 2.75) is 39.5 Å². The minimum absolute atomic E-state index is 0.0961. The molecule has 1 unspecified atom stereocenters. The number of likely N-dealkylation sites (N-methyl/N-ethyl adjacent to an activating group) is 1. The number of ether oxygens (including phenoxy) is 1. The average Bonchev–Trinajstić information content (AvgIpc) is 2.59. The summed E-state index contributed by atoms with van der Waals surface area (Å²) in [5, 5.41) is 3.10. The van der Waals surface area contributed by atoms with Crippen molar-refractivity contribution in [1.29, 1.82) is 0 Å². The molecule has 0 aliphatic carbocycles. The van der Waals surface area contributed by atoms with Crippen molar-refractivity contribution in [3.8, 4) is 0 Å². The number of nitrogens with zero attached hydrogens (tertiary/aromatic N) is 1. The monoisotopic (exact) mass is 347 g/mol. The van der Waals surface area contributed by atoms with Crippen molar-refractivity contribution in [3.05, 3.63) is 35.4 Å². The number of carbonyl (C=O) groups excluding carboxylic acids is 1. The van der Waals surface area contributed by atoms with Gasteiger partial charge in [-0.05, 0) is 30.4 Å². The van der Waals surface area contributed by atoms with E-state index in [1.54, 1.807) is 0 Å². The summed E-state index contributed by atoms with van der Waals surface area (Å²) in [6.07, 6.45) is 2.10. The number of morpholine rings is 1. The van der Waals surface area contributed by atoms with Gasteiger partial charge in [-0.2, -0.15) is 0 Å². The van der Waals surface area contributed by atoms with E-state index < -0.39 is 0 Å². The molecule has 1 aliphatic rings. The molecule has 2 rings (SSSR count). The summed E-state index contributed by atoms with van der Waals surface area (Å²) >= 11 is 0. The zero-order chi connectivity index (χ0) is 18.3. The molecule has 1 aromatic carbocycles. The van der Waals surface area contributed by atoms with Gasteiger partial charge in [-0.3, -0.25) is 4.79 Å². The van der Waals surface area contributed by atoms with Crippen LogP contribution in [0.1, 0.15) is 44.2 Å². The number of hydrogen-bond acceptors (Lipinski definition) is 2. The number of benzene rings is 1. The highest BCUT2D eigenvalue weighted by atomic mass is 16.5. The highest BCUT2D eigenvalue weighted by molar-refractivity contribution is 5.83. The summed E-state index contributed by atoms with van der Waals surface area (Å²) in [7, 11) is 2.28. The molecule has 0 radical (unpaired) electrons. The van der Waals surface area contributed by atoms with Gasteiger partial charge in [0.15, 0.2) is 0 Å². The number of amides is 1. The van der Waals surface area contributed by atoms with Gasteiger partial charge in [0.25, 0.3) is 0 Å². The maximum Gasteiger partial charge on any atom is 0.227 e. The maximum atomic E-state index is 12.4. The maximum absolute atomic E-state index is 12.4. The van der Waals surface area contributed by atoms with Crippen LogP contribution in [0.2, 0.25) is 0 Å². The predicted molar refractivity (Wildman–Crippen MR) is 103 cm³/mol. The van der Waals surface area contributed by atoms with Gasteiger partial charge in [0.2, 0.25) is 5.91 Å². The predicted octanol–water partition coefficient (Wildman–Crippen LogP) is 2.97. The first kappa shape index (κ1) is 19.9. The average molecular weight is 348 g/mol. The Labute approximate surface area is 153 Å². The van der Waals surface area contributed by atoms with Crippen molar-refractivity contribution < 1.29 is 14.0 Å². The summed E-state index contributed by atoms with van der Waals surface area (Å²) in [6, 6.07) is 8.51. The molecule has 0 saturated carbocycles. The van der Waals surface area contributed by atoms with E-state index in [0.717, 1.165) is 62.3 Å². The lowest BCUT2D eigenvalue weighted by Crippen LogP contribution is -2.52. The van der Waals surface area contributed by atoms with Crippen molar-refractivity contribution in [2.24, 2.45) is 5.92 Å². The molecular formula is C21H35N2O2+. The molecule has 1 N–H and O–H groups in total. The molecule has 140 valence electrons. The van der Waals surface area contributed by atoms with Gasteiger partial charge in [-0.25, -0.2) is 0 Å². The highest BCUT2D eigenvalue weighted by Gasteiger charge is 2.24. The molecule has 0 aromatic heterocycles. The van der Waals surface area contributed by atoms with Gasteiger partial charge in [-0.15, -0.1) is 0 Å². The molecule has 1 aromatic rings. The second-order valence-corrected chi connectivity index (χ2v) is 8.11. The van der Waals surface area contributed by atoms with Crippen LogP contribution in [0.3, 0.4) is 0 Å². The normalized spacial score (nSPS) is 18.1. The second kappa shape index (κ2) is 9.35. The van der Waals surface area contributed by atoms with E-state index in [0.29, 0.717) is 5.92 Å². The molecule has 1 fully saturated rings. The lowest BCUT2D eigenvalue weighted by Gasteiger charge is -2.37. The summed E-state index contributed by atoms with van der Waals surface area (Å²) in [4.78, 5) is 12.4. The van der Waals surface area contributed by atoms with Crippen LogP contribution in [0.5, 0.6) is 0 Å². The number of hydrogen-bond donors (Lipinski definition) is 1. The van der Waals surface area contributed by atoms with Crippen LogP contribution >= 0.6 is 0 Å². The standard InChI is InChI=1S/C21H34N2O2/c1-17(2)16-19-6-8-20(9-7-19)18(3)21(24)22-10-5-11-23(4)12-14-25-15-13-23/h6-9,17-18H,5,10-16H2,1-4H3/p+1. The van der Waals surface area contributed by atoms with E-state index in [9.17, 15) is 4.79 Å². The van der Waals surface area contributed by atoms with E-state index in [1.165, 1.54) is 5.56 Å². The highest BCUT2D eigenvalue weighted by Crippen LogP contribution is 2.18. The zero-order valence-corrected chi connectivity index (χ0v) is 16.4. The molecule has 4 heteroatoms. The minimum Gasteiger partial charge on any atom is -0.370 e. The molecular weight excluding hydrogens is 312 g/mol. The van der Waals surface area contributed by atoms with Gasteiger partial charge in [0.05, 0.1) is 32.7 Å². The first-order valence-corrected chi connectivity index (χ1v) is 9.67. The molecule has 1 saturated heterocycles. The lowest BCUT2D eigenvalue weighted by atomic mass is 9.96. The fourth-order valence-electron chi connectivity index (χ4n) is 3.40. The molecule has 1 aliphatic heterocycles. The van der Waals surface area contributed by atoms with E-state index >= 15 is 0 Å². The van der Waals surface area contributed by atoms with E-state index in [-0.39, 0.29) is 11.8 Å². The van der Waals surface area contributed by atoms with Crippen LogP contribution in [-0.2, 0) is 16.0 Å². The largest absolute Gasteiger partial charge is 0.370 e. The van der Waals surface area contributed by atoms with Crippen molar-refractivity contribution in [1.82, 2.24) is 5.32 Å². The fraction of sp³-hybridized carbons (Fsp3) is 0.667. The van der Waals surface area contributed by atoms with Crippen LogP contribution in [0.25, 0.3) is 0 Å². The summed E-state index contributed by atoms with van der Waals surface area (Å²) in [6.45, 7) is 12.2. The molecule has 1 amide bonds. The Hall–Kier alpha value is -1.39. The van der Waals surface area contributed by atoms with Crippen LogP contribution in [0.4, 0.5) is 0 Å². The zero-order valence-electron chi connectivity index (χ0n) is 16.4. The third-order valence-electron chi connectivity index (χ3n) is 5.24. The number of carbonyl (C=O) groups is 1. The van der Waals surface area contributed by atoms with Crippen molar-refractivity contribution >= 4 is 5.91 Å². The Morgan fingerprint density at radius 2 is 1.80 bits per heavy atom. The fourth-order valence-corrected chi connectivity index (χ4v) is 3.40. The lowest BCUT2D eigenvalue weighted by molar-refractivity contribution is -0.916. The van der Waals surface area contributed by atoms with Gasteiger partial charge in [-0.1, -0.05) is 38.1 Å². The Morgan fingerprint density at radius 3 is 2.40 bits per heavy atom. The third kappa shape index (κ3) is 6.44. The van der Waals surface area contributed by atoms with Gasteiger partial charge < -0.3 is 14.5 Å². The molecule has 1 atom stereocenters. The van der Waals surface area contributed by atoms with Gasteiger partial charge >= 0.3 is 0 Å². The summed E-state index contributed by atoms with van der Waals surface area (Å²) in [5.74, 6) is 0.685. The molecule has 4 nitrogen and oxygen atoms in total. The summed E-state index contributed by atoms with van der Waals surface area (Å²) in [5.41, 5.74) is 2.44. The Morgan fingerprint density at radius 1 is 1.16 bits per heavy atom. The van der Waals surface area contributed by atoms with Crippen molar-refractivity contribution in [2.75, 3.05) is 46.4 Å². The number of rotatable bonds is 8. The van der Waals surface area contributed by atoms with Crippen molar-refractivity contribution in [3.63, 3.8) is 0 Å². The van der Waals surface area contributed by atoms with E-state index in [4.69, 9.17) is 4.74 Å². The summed E-state index contributed by atoms with van der Waals surface area (Å²) < 4.78 is 6.49. The molecule has 0 bridgehead atoms. The van der Waals surface area contributed by atoms with E-state index in [1.807, 2.05) is 6.92 Å². The third-order valence-corrected chi connectivity index (χ3v) is 5.24. The van der Waals surface area contributed by atoms with Gasteiger partial charge in [0, 0.05) is 13.0 Å². The van der Waals surface area contributed by atoms with Crippen LogP contribution in [-0.4, -0.2) is 56.8 Å². The SMILES string of the molecule is CC(C)Cc1ccc(C(C)C(=O)NCCC[N+]2(C)CCOCC2)cc1. The van der Waals surface area contributed by atoms with Crippen LogP contribution in [0.15, 0.2) is 24.3 Å². The first-order chi connectivity index (χ1) is 11.9. The van der Waals surface area contributed by atoms with Gasteiger partial charge in [0.1, 0.15) is 13.1 Å². The number of nitrogens with one attached hydrogen (secondary N) is 1. The number of quaternary nitrogens is 1. The van der Waals surface area contributed by atoms with E-state index in [2.05, 4.69) is 50.5 Å². The molecule has 1 heterocycles. The topological polar surface area (TPSA) is 38.3 Å². The first-order valence-electron chi connectivity index (χ1n) is 9.67. The second-order valence-electron chi connectivity index (χ2n) is 8.11. The minimum atomic E-state index is -0.0961. The van der Waals surface area contributed by atoms with Crippen LogP contribution < -0.4 is 5.32 Å². The van der Waals surface area contributed by atoms with Crippen LogP contribution in [0, 0.1) is 5.92 Å². The molecule has 25 heavy (non-hydrogen) atoms. The quantitative estimate of drug-likeness (QED) is 0.580. The smallest absolute Gasteiger partial charge is 0.227 e. The Balaban J connectivity index is 1.74.